The van der Waals surface area contributed by atoms with Crippen molar-refractivity contribution in [2.75, 3.05) is 5.75 Å². The Morgan fingerprint density at radius 1 is 1.40 bits per heavy atom. The van der Waals surface area contributed by atoms with Crippen LogP contribution < -0.4 is 0 Å². The standard InChI is InChI=1S/C10H10N2OS2/c1-2-15-8-5-3-7(4-6-8)9-11-10(14)13-12-9/h3-6H,2H2,1H3,(H,11,12,14). The normalized spacial score (nSPS) is 10.5. The van der Waals surface area contributed by atoms with Crippen LogP contribution in [0.25, 0.3) is 11.4 Å². The summed E-state index contributed by atoms with van der Waals surface area (Å²) in [6.45, 7) is 2.13. The molecule has 2 aromatic rings. The van der Waals surface area contributed by atoms with Gasteiger partial charge >= 0.3 is 4.84 Å². The number of hydrogen-bond donors (Lipinski definition) is 1. The third-order valence-electron chi connectivity index (χ3n) is 1.88. The topological polar surface area (TPSA) is 41.8 Å². The smallest absolute Gasteiger partial charge is 0.314 e. The molecule has 0 aliphatic heterocycles. The van der Waals surface area contributed by atoms with Crippen LogP contribution in [-0.4, -0.2) is 15.9 Å². The minimum Gasteiger partial charge on any atom is -0.348 e. The lowest BCUT2D eigenvalue weighted by molar-refractivity contribution is 0.406. The Hall–Kier alpha value is -1.07. The van der Waals surface area contributed by atoms with Crippen molar-refractivity contribution < 1.29 is 4.52 Å². The summed E-state index contributed by atoms with van der Waals surface area (Å²) in [5.41, 5.74) is 0.982. The lowest BCUT2D eigenvalue weighted by Gasteiger charge is -1.99. The van der Waals surface area contributed by atoms with Crippen LogP contribution in [0.3, 0.4) is 0 Å². The van der Waals surface area contributed by atoms with E-state index in [0.717, 1.165) is 11.3 Å². The van der Waals surface area contributed by atoms with Gasteiger partial charge in [-0.2, -0.15) is 4.98 Å². The first kappa shape index (κ1) is 10.4. The molecule has 2 rings (SSSR count). The van der Waals surface area contributed by atoms with Crippen molar-refractivity contribution in [3.63, 3.8) is 0 Å². The van der Waals surface area contributed by atoms with Gasteiger partial charge in [-0.3, -0.25) is 0 Å². The first-order chi connectivity index (χ1) is 7.29. The van der Waals surface area contributed by atoms with E-state index in [0.29, 0.717) is 5.82 Å². The summed E-state index contributed by atoms with van der Waals surface area (Å²) in [5, 5.41) is 2.68. The van der Waals surface area contributed by atoms with E-state index in [1.807, 2.05) is 23.9 Å². The van der Waals surface area contributed by atoms with E-state index < -0.39 is 0 Å². The van der Waals surface area contributed by atoms with E-state index >= 15 is 0 Å². The van der Waals surface area contributed by atoms with Crippen molar-refractivity contribution in [2.45, 2.75) is 11.8 Å². The first-order valence-corrected chi connectivity index (χ1v) is 5.97. The molecule has 5 heteroatoms. The fourth-order valence-corrected chi connectivity index (χ4v) is 2.02. The van der Waals surface area contributed by atoms with Crippen molar-refractivity contribution in [1.29, 1.82) is 0 Å². The van der Waals surface area contributed by atoms with Crippen molar-refractivity contribution in [2.24, 2.45) is 0 Å². The van der Waals surface area contributed by atoms with E-state index in [2.05, 4.69) is 29.2 Å². The molecule has 0 saturated heterocycles. The third-order valence-corrected chi connectivity index (χ3v) is 2.95. The average Bonchev–Trinajstić information content (AvgIpc) is 2.67. The minimum atomic E-state index is 0.233. The molecule has 1 heterocycles. The van der Waals surface area contributed by atoms with E-state index in [-0.39, 0.29) is 4.84 Å². The molecule has 0 spiro atoms. The van der Waals surface area contributed by atoms with Crippen LogP contribution in [0.5, 0.6) is 0 Å². The van der Waals surface area contributed by atoms with E-state index in [1.165, 1.54) is 4.90 Å². The van der Waals surface area contributed by atoms with Gasteiger partial charge in [-0.15, -0.1) is 11.8 Å². The largest absolute Gasteiger partial charge is 0.348 e. The van der Waals surface area contributed by atoms with E-state index in [4.69, 9.17) is 16.7 Å². The van der Waals surface area contributed by atoms with Gasteiger partial charge in [0.2, 0.25) is 0 Å². The fourth-order valence-electron chi connectivity index (χ4n) is 1.23. The predicted octanol–water partition coefficient (Wildman–Crippen LogP) is 3.51. The molecule has 0 bridgehead atoms. The lowest BCUT2D eigenvalue weighted by Crippen LogP contribution is -1.80. The Bertz CT molecular complexity index is 487. The van der Waals surface area contributed by atoms with Gasteiger partial charge in [0.15, 0.2) is 5.82 Å². The molecule has 3 nitrogen and oxygen atoms in total. The second kappa shape index (κ2) is 4.63. The highest BCUT2D eigenvalue weighted by Crippen LogP contribution is 2.21. The van der Waals surface area contributed by atoms with E-state index in [9.17, 15) is 0 Å². The minimum absolute atomic E-state index is 0.233. The Kier molecular flexibility index (Phi) is 3.23. The first-order valence-electron chi connectivity index (χ1n) is 4.58. The Balaban J connectivity index is 2.27. The van der Waals surface area contributed by atoms with E-state index in [1.54, 1.807) is 0 Å². The molecule has 0 atom stereocenters. The monoisotopic (exact) mass is 238 g/mol. The number of aromatic nitrogens is 2. The maximum absolute atomic E-state index is 4.87. The zero-order valence-corrected chi connectivity index (χ0v) is 9.82. The molecule has 1 N–H and O–H groups in total. The SMILES string of the molecule is CCSc1ccc(-c2nc(=S)o[nH]2)cc1. The van der Waals surface area contributed by atoms with Crippen LogP contribution >= 0.6 is 24.0 Å². The molecule has 0 aliphatic rings. The molecule has 0 aliphatic carbocycles. The number of nitrogens with zero attached hydrogens (tertiary/aromatic N) is 1. The summed E-state index contributed by atoms with van der Waals surface area (Å²) in [6.07, 6.45) is 0. The van der Waals surface area contributed by atoms with Gasteiger partial charge in [-0.25, -0.2) is 5.16 Å². The lowest BCUT2D eigenvalue weighted by atomic mass is 10.2. The quantitative estimate of drug-likeness (QED) is 0.656. The summed E-state index contributed by atoms with van der Waals surface area (Å²) in [5.74, 6) is 1.75. The highest BCUT2D eigenvalue weighted by Gasteiger charge is 2.01. The number of H-pyrrole nitrogens is 1. The Labute approximate surface area is 96.9 Å². The summed E-state index contributed by atoms with van der Waals surface area (Å²) in [7, 11) is 0. The number of nitrogens with one attached hydrogen (secondary N) is 1. The Morgan fingerprint density at radius 3 is 2.67 bits per heavy atom. The molecule has 1 aromatic heterocycles. The summed E-state index contributed by atoms with van der Waals surface area (Å²) in [4.78, 5) is 5.53. The van der Waals surface area contributed by atoms with Gasteiger partial charge in [0.1, 0.15) is 0 Å². The number of benzene rings is 1. The summed E-state index contributed by atoms with van der Waals surface area (Å²) >= 11 is 6.60. The molecule has 0 amide bonds. The van der Waals surface area contributed by atoms with Gasteiger partial charge in [0.25, 0.3) is 0 Å². The van der Waals surface area contributed by atoms with Gasteiger partial charge < -0.3 is 4.52 Å². The fraction of sp³-hybridized carbons (Fsp3) is 0.200. The van der Waals surface area contributed by atoms with Crippen LogP contribution in [0, 0.1) is 4.84 Å². The molecule has 1 aromatic carbocycles. The molecular weight excluding hydrogens is 228 g/mol. The van der Waals surface area contributed by atoms with Crippen molar-refractivity contribution >= 4 is 24.0 Å². The molecule has 0 fully saturated rings. The van der Waals surface area contributed by atoms with Crippen molar-refractivity contribution in [3.05, 3.63) is 29.1 Å². The predicted molar refractivity (Wildman–Crippen MR) is 63.5 cm³/mol. The van der Waals surface area contributed by atoms with Crippen LogP contribution in [0.15, 0.2) is 33.7 Å². The van der Waals surface area contributed by atoms with Crippen LogP contribution in [0.1, 0.15) is 6.92 Å². The maximum atomic E-state index is 4.87. The maximum Gasteiger partial charge on any atom is 0.314 e. The van der Waals surface area contributed by atoms with Crippen molar-refractivity contribution in [3.8, 4) is 11.4 Å². The highest BCUT2D eigenvalue weighted by atomic mass is 32.2. The van der Waals surface area contributed by atoms with Crippen molar-refractivity contribution in [1.82, 2.24) is 10.1 Å². The summed E-state index contributed by atoms with van der Waals surface area (Å²) in [6, 6.07) is 8.13. The van der Waals surface area contributed by atoms with Gasteiger partial charge in [0.05, 0.1) is 0 Å². The highest BCUT2D eigenvalue weighted by molar-refractivity contribution is 7.99. The molecule has 15 heavy (non-hydrogen) atoms. The molecular formula is C10H10N2OS2. The van der Waals surface area contributed by atoms with Crippen LogP contribution in [-0.2, 0) is 0 Å². The van der Waals surface area contributed by atoms with Gasteiger partial charge in [-0.1, -0.05) is 19.1 Å². The van der Waals surface area contributed by atoms with Crippen LogP contribution in [0.4, 0.5) is 0 Å². The average molecular weight is 238 g/mol. The zero-order chi connectivity index (χ0) is 10.7. The van der Waals surface area contributed by atoms with Crippen LogP contribution in [0.2, 0.25) is 0 Å². The Morgan fingerprint density at radius 2 is 2.13 bits per heavy atom. The van der Waals surface area contributed by atoms with Gasteiger partial charge in [0, 0.05) is 10.5 Å². The van der Waals surface area contributed by atoms with Gasteiger partial charge in [-0.05, 0) is 30.1 Å². The zero-order valence-electron chi connectivity index (χ0n) is 8.19. The number of rotatable bonds is 3. The molecule has 0 radical (unpaired) electrons. The number of thioether (sulfide) groups is 1. The molecule has 0 saturated carbocycles. The second-order valence-electron chi connectivity index (χ2n) is 2.89. The second-order valence-corrected chi connectivity index (χ2v) is 4.57. The molecule has 0 unspecified atom stereocenters. The molecule has 78 valence electrons. The number of hydrogen-bond acceptors (Lipinski definition) is 4. The number of aromatic amines is 1. The summed E-state index contributed by atoms with van der Waals surface area (Å²) < 4.78 is 4.87. The third kappa shape index (κ3) is 2.49.